The van der Waals surface area contributed by atoms with Crippen LogP contribution in [0.4, 0.5) is 17.6 Å². The summed E-state index contributed by atoms with van der Waals surface area (Å²) in [7, 11) is 0. The van der Waals surface area contributed by atoms with Crippen molar-refractivity contribution in [2.24, 2.45) is 0 Å². The SMILES string of the molecule is O=c1[nH]c(-c2ccco2)nc2c1CN(Cc1cc(C(F)(F)F)ccc1F)CC2. The number of aromatic amines is 1. The first-order valence-electron chi connectivity index (χ1n) is 8.55. The number of rotatable bonds is 3. The normalized spacial score (nSPS) is 14.9. The van der Waals surface area contributed by atoms with Gasteiger partial charge in [-0.1, -0.05) is 0 Å². The Morgan fingerprint density at radius 2 is 2.07 bits per heavy atom. The van der Waals surface area contributed by atoms with Crippen molar-refractivity contribution in [2.45, 2.75) is 25.7 Å². The van der Waals surface area contributed by atoms with E-state index in [2.05, 4.69) is 9.97 Å². The predicted octanol–water partition coefficient (Wildman–Crippen LogP) is 3.75. The third-order valence-electron chi connectivity index (χ3n) is 4.67. The van der Waals surface area contributed by atoms with E-state index >= 15 is 0 Å². The molecule has 0 saturated heterocycles. The van der Waals surface area contributed by atoms with E-state index in [0.29, 0.717) is 35.8 Å². The Morgan fingerprint density at radius 1 is 1.25 bits per heavy atom. The van der Waals surface area contributed by atoms with Gasteiger partial charge in [-0.2, -0.15) is 13.2 Å². The minimum absolute atomic E-state index is 0.0332. The second-order valence-electron chi connectivity index (χ2n) is 6.58. The van der Waals surface area contributed by atoms with Gasteiger partial charge >= 0.3 is 6.18 Å². The summed E-state index contributed by atoms with van der Waals surface area (Å²) in [5, 5.41) is 0. The quantitative estimate of drug-likeness (QED) is 0.689. The van der Waals surface area contributed by atoms with Gasteiger partial charge in [0.25, 0.3) is 5.56 Å². The molecular formula is C19H15F4N3O2. The Morgan fingerprint density at radius 3 is 2.79 bits per heavy atom. The van der Waals surface area contributed by atoms with Crippen molar-refractivity contribution in [3.63, 3.8) is 0 Å². The largest absolute Gasteiger partial charge is 0.461 e. The number of halogens is 4. The highest BCUT2D eigenvalue weighted by Crippen LogP contribution is 2.31. The van der Waals surface area contributed by atoms with Crippen LogP contribution < -0.4 is 5.56 Å². The summed E-state index contributed by atoms with van der Waals surface area (Å²) in [5.41, 5.74) is -0.269. The van der Waals surface area contributed by atoms with Crippen LogP contribution in [0.3, 0.4) is 0 Å². The van der Waals surface area contributed by atoms with Crippen molar-refractivity contribution < 1.29 is 22.0 Å². The molecular weight excluding hydrogens is 378 g/mol. The van der Waals surface area contributed by atoms with E-state index in [0.717, 1.165) is 18.2 Å². The Hall–Kier alpha value is -2.94. The van der Waals surface area contributed by atoms with E-state index in [4.69, 9.17) is 4.42 Å². The van der Waals surface area contributed by atoms with Gasteiger partial charge in [0.1, 0.15) is 5.82 Å². The first-order chi connectivity index (χ1) is 13.3. The van der Waals surface area contributed by atoms with Crippen LogP contribution in [0.1, 0.15) is 22.4 Å². The molecule has 1 aromatic carbocycles. The average Bonchev–Trinajstić information content (AvgIpc) is 3.18. The summed E-state index contributed by atoms with van der Waals surface area (Å²) in [5.74, 6) is 0.0542. The van der Waals surface area contributed by atoms with Crippen LogP contribution in [-0.2, 0) is 25.7 Å². The molecule has 2 aromatic heterocycles. The Balaban J connectivity index is 1.58. The minimum Gasteiger partial charge on any atom is -0.461 e. The van der Waals surface area contributed by atoms with Gasteiger partial charge in [0.15, 0.2) is 11.6 Å². The van der Waals surface area contributed by atoms with Crippen molar-refractivity contribution in [3.05, 3.63) is 75.2 Å². The summed E-state index contributed by atoms with van der Waals surface area (Å²) < 4.78 is 57.9. The van der Waals surface area contributed by atoms with Gasteiger partial charge in [0, 0.05) is 31.6 Å². The number of furan rings is 1. The predicted molar refractivity (Wildman–Crippen MR) is 91.8 cm³/mol. The number of fused-ring (bicyclic) bond motifs is 1. The molecule has 3 aromatic rings. The number of H-pyrrole nitrogens is 1. The monoisotopic (exact) mass is 393 g/mol. The van der Waals surface area contributed by atoms with Gasteiger partial charge in [-0.25, -0.2) is 9.37 Å². The fourth-order valence-corrected chi connectivity index (χ4v) is 3.26. The maximum Gasteiger partial charge on any atom is 0.416 e. The molecule has 146 valence electrons. The average molecular weight is 393 g/mol. The highest BCUT2D eigenvalue weighted by molar-refractivity contribution is 5.47. The van der Waals surface area contributed by atoms with E-state index in [1.54, 1.807) is 17.0 Å². The molecule has 0 unspecified atom stereocenters. The molecule has 0 radical (unpaired) electrons. The highest BCUT2D eigenvalue weighted by Gasteiger charge is 2.31. The molecule has 1 N–H and O–H groups in total. The third-order valence-corrected chi connectivity index (χ3v) is 4.67. The molecule has 4 rings (SSSR count). The van der Waals surface area contributed by atoms with Crippen molar-refractivity contribution in [3.8, 4) is 11.6 Å². The van der Waals surface area contributed by atoms with Crippen LogP contribution >= 0.6 is 0 Å². The molecule has 0 bridgehead atoms. The molecule has 3 heterocycles. The zero-order chi connectivity index (χ0) is 19.9. The van der Waals surface area contributed by atoms with Crippen LogP contribution in [0.5, 0.6) is 0 Å². The van der Waals surface area contributed by atoms with E-state index in [-0.39, 0.29) is 24.2 Å². The molecule has 9 heteroatoms. The molecule has 1 aliphatic heterocycles. The first-order valence-corrected chi connectivity index (χ1v) is 8.55. The maximum absolute atomic E-state index is 14.0. The van der Waals surface area contributed by atoms with Crippen molar-refractivity contribution in [2.75, 3.05) is 6.54 Å². The van der Waals surface area contributed by atoms with Gasteiger partial charge in [0.2, 0.25) is 0 Å². The second-order valence-corrected chi connectivity index (χ2v) is 6.58. The van der Waals surface area contributed by atoms with E-state index in [1.165, 1.54) is 6.26 Å². The van der Waals surface area contributed by atoms with E-state index < -0.39 is 17.6 Å². The van der Waals surface area contributed by atoms with Crippen LogP contribution in [0.2, 0.25) is 0 Å². The van der Waals surface area contributed by atoms with Gasteiger partial charge in [0.05, 0.1) is 23.1 Å². The summed E-state index contributed by atoms with van der Waals surface area (Å²) in [6.45, 7) is 0.580. The Bertz CT molecular complexity index is 1060. The lowest BCUT2D eigenvalue weighted by molar-refractivity contribution is -0.137. The minimum atomic E-state index is -4.54. The molecule has 0 aliphatic carbocycles. The van der Waals surface area contributed by atoms with Crippen molar-refractivity contribution in [1.29, 1.82) is 0 Å². The summed E-state index contributed by atoms with van der Waals surface area (Å²) >= 11 is 0. The number of alkyl halides is 3. The Kier molecular flexibility index (Phi) is 4.54. The van der Waals surface area contributed by atoms with E-state index in [9.17, 15) is 22.4 Å². The molecule has 1 aliphatic rings. The number of aromatic nitrogens is 2. The number of hydrogen-bond acceptors (Lipinski definition) is 4. The molecule has 0 spiro atoms. The Labute approximate surface area is 156 Å². The summed E-state index contributed by atoms with van der Waals surface area (Å²) in [6.07, 6.45) is -2.64. The first kappa shape index (κ1) is 18.4. The fraction of sp³-hybridized carbons (Fsp3) is 0.263. The number of nitrogens with zero attached hydrogens (tertiary/aromatic N) is 2. The van der Waals surface area contributed by atoms with Crippen LogP contribution in [0, 0.1) is 5.82 Å². The highest BCUT2D eigenvalue weighted by atomic mass is 19.4. The smallest absolute Gasteiger partial charge is 0.416 e. The van der Waals surface area contributed by atoms with Crippen LogP contribution in [0.25, 0.3) is 11.6 Å². The number of benzene rings is 1. The van der Waals surface area contributed by atoms with Gasteiger partial charge in [-0.3, -0.25) is 9.69 Å². The number of hydrogen-bond donors (Lipinski definition) is 1. The van der Waals surface area contributed by atoms with Gasteiger partial charge < -0.3 is 9.40 Å². The van der Waals surface area contributed by atoms with Crippen LogP contribution in [-0.4, -0.2) is 21.4 Å². The molecule has 5 nitrogen and oxygen atoms in total. The topological polar surface area (TPSA) is 62.1 Å². The molecule has 0 atom stereocenters. The molecule has 0 fully saturated rings. The molecule has 0 saturated carbocycles. The van der Waals surface area contributed by atoms with Gasteiger partial charge in [-0.15, -0.1) is 0 Å². The number of nitrogens with one attached hydrogen (secondary N) is 1. The molecule has 28 heavy (non-hydrogen) atoms. The lowest BCUT2D eigenvalue weighted by Gasteiger charge is -2.28. The molecule has 0 amide bonds. The van der Waals surface area contributed by atoms with Crippen LogP contribution in [0.15, 0.2) is 45.8 Å². The maximum atomic E-state index is 14.0. The summed E-state index contributed by atoms with van der Waals surface area (Å²) in [6, 6.07) is 5.71. The lowest BCUT2D eigenvalue weighted by Crippen LogP contribution is -2.35. The zero-order valence-electron chi connectivity index (χ0n) is 14.5. The third kappa shape index (κ3) is 3.57. The van der Waals surface area contributed by atoms with Crippen molar-refractivity contribution >= 4 is 0 Å². The lowest BCUT2D eigenvalue weighted by atomic mass is 10.0. The zero-order valence-corrected chi connectivity index (χ0v) is 14.5. The summed E-state index contributed by atoms with van der Waals surface area (Å²) in [4.78, 5) is 21.2. The standard InChI is InChI=1S/C19H15F4N3O2/c20-14-4-3-12(19(21,22)23)8-11(14)9-26-6-5-15-13(10-26)18(27)25-17(24-15)16-2-1-7-28-16/h1-4,7-8H,5-6,9-10H2,(H,24,25,27). The van der Waals surface area contributed by atoms with Crippen molar-refractivity contribution in [1.82, 2.24) is 14.9 Å². The fourth-order valence-electron chi connectivity index (χ4n) is 3.26. The second kappa shape index (κ2) is 6.90. The van der Waals surface area contributed by atoms with E-state index in [1.807, 2.05) is 0 Å². The van der Waals surface area contributed by atoms with Gasteiger partial charge in [-0.05, 0) is 30.3 Å².